The van der Waals surface area contributed by atoms with E-state index in [2.05, 4.69) is 55.4 Å². The summed E-state index contributed by atoms with van der Waals surface area (Å²) in [6.45, 7) is 23.4. The monoisotopic (exact) mass is 452 g/mol. The molecule has 8 atom stereocenters. The lowest BCUT2D eigenvalue weighted by atomic mass is 9.71. The molecule has 2 rings (SSSR count). The fourth-order valence-electron chi connectivity index (χ4n) is 5.67. The predicted molar refractivity (Wildman–Crippen MR) is 128 cm³/mol. The number of hydrogen-bond acceptors (Lipinski definition) is 5. The largest absolute Gasteiger partial charge is 0.456 e. The van der Waals surface area contributed by atoms with Crippen molar-refractivity contribution in [3.8, 4) is 0 Å². The molecule has 0 spiro atoms. The van der Waals surface area contributed by atoms with E-state index in [1.807, 2.05) is 20.8 Å². The van der Waals surface area contributed by atoms with Gasteiger partial charge in [-0.25, -0.2) is 4.79 Å². The van der Waals surface area contributed by atoms with Gasteiger partial charge < -0.3 is 18.9 Å². The van der Waals surface area contributed by atoms with E-state index < -0.39 is 6.10 Å². The van der Waals surface area contributed by atoms with Crippen LogP contribution in [0.2, 0.25) is 0 Å². The average Bonchev–Trinajstić information content (AvgIpc) is 3.06. The van der Waals surface area contributed by atoms with E-state index in [1.54, 1.807) is 0 Å². The van der Waals surface area contributed by atoms with Crippen LogP contribution in [0.4, 0.5) is 0 Å². The molecule has 0 aliphatic carbocycles. The third-order valence-corrected chi connectivity index (χ3v) is 7.74. The molecule has 2 aliphatic rings. The molecule has 2 fully saturated rings. The second kappa shape index (κ2) is 11.0. The van der Waals surface area contributed by atoms with Crippen molar-refractivity contribution in [2.45, 2.75) is 132 Å². The van der Waals surface area contributed by atoms with Gasteiger partial charge in [0.2, 0.25) is 0 Å². The maximum absolute atomic E-state index is 13.0. The molecule has 0 saturated carbocycles. The summed E-state index contributed by atoms with van der Waals surface area (Å²) in [5, 5.41) is 0. The van der Waals surface area contributed by atoms with Crippen LogP contribution in [0.25, 0.3) is 0 Å². The fraction of sp³-hybridized carbons (Fsp3) is 0.889. The van der Waals surface area contributed by atoms with Gasteiger partial charge in [-0.1, -0.05) is 47.1 Å². The molecule has 0 amide bonds. The molecule has 2 heterocycles. The predicted octanol–water partition coefficient (Wildman–Crippen LogP) is 6.30. The van der Waals surface area contributed by atoms with Gasteiger partial charge in [0.05, 0.1) is 18.3 Å². The van der Waals surface area contributed by atoms with Gasteiger partial charge in [0.25, 0.3) is 0 Å². The molecule has 0 aromatic carbocycles. The quantitative estimate of drug-likeness (QED) is 0.320. The van der Waals surface area contributed by atoms with E-state index in [0.29, 0.717) is 5.92 Å². The Morgan fingerprint density at radius 2 is 1.66 bits per heavy atom. The maximum Gasteiger partial charge on any atom is 0.336 e. The van der Waals surface area contributed by atoms with Gasteiger partial charge in [0.15, 0.2) is 12.4 Å². The number of carbonyl (C=O) groups is 1. The zero-order valence-corrected chi connectivity index (χ0v) is 22.4. The molecule has 2 aliphatic heterocycles. The second-order valence-corrected chi connectivity index (χ2v) is 11.2. The normalized spacial score (nSPS) is 35.4. The number of ether oxygens (including phenoxy) is 4. The van der Waals surface area contributed by atoms with Gasteiger partial charge in [0, 0.05) is 11.3 Å². The van der Waals surface area contributed by atoms with E-state index in [0.717, 1.165) is 24.8 Å². The first-order valence-corrected chi connectivity index (χ1v) is 12.6. The number of hydrogen-bond donors (Lipinski definition) is 0. The summed E-state index contributed by atoms with van der Waals surface area (Å²) >= 11 is 0. The minimum atomic E-state index is -0.454. The Morgan fingerprint density at radius 3 is 2.22 bits per heavy atom. The number of rotatable bonds is 8. The Labute approximate surface area is 196 Å². The molecule has 0 N–H and O–H groups in total. The molecule has 0 radical (unpaired) electrons. The summed E-state index contributed by atoms with van der Waals surface area (Å²) in [4.78, 5) is 13.0. The van der Waals surface area contributed by atoms with Gasteiger partial charge in [-0.15, -0.1) is 0 Å². The lowest BCUT2D eigenvalue weighted by molar-refractivity contribution is -0.294. The van der Waals surface area contributed by atoms with E-state index in [1.165, 1.54) is 5.57 Å². The first-order valence-electron chi connectivity index (χ1n) is 12.6. The van der Waals surface area contributed by atoms with Crippen LogP contribution < -0.4 is 0 Å². The highest BCUT2D eigenvalue weighted by molar-refractivity contribution is 5.76. The Kier molecular flexibility index (Phi) is 9.41. The van der Waals surface area contributed by atoms with Crippen LogP contribution in [0.1, 0.15) is 95.4 Å². The lowest BCUT2D eigenvalue weighted by Gasteiger charge is -2.49. The molecule has 0 aromatic rings. The van der Waals surface area contributed by atoms with Gasteiger partial charge in [-0.3, -0.25) is 0 Å². The molecule has 0 aromatic heterocycles. The Morgan fingerprint density at radius 1 is 1.03 bits per heavy atom. The number of carbonyl (C=O) groups excluding carboxylic acids is 1. The van der Waals surface area contributed by atoms with Crippen molar-refractivity contribution in [2.75, 3.05) is 0 Å². The fourth-order valence-corrected chi connectivity index (χ4v) is 5.67. The molecular formula is C27H48O5. The van der Waals surface area contributed by atoms with E-state index in [4.69, 9.17) is 18.9 Å². The SMILES string of the molecule is CC[C@@H]1OC(C)O[C@@H]([C@@H](C)/C(C)=C(\C)C(C)OC(=O)C2OC(C)C[C@H]2CC(C)C)C1(C)C. The highest BCUT2D eigenvalue weighted by Gasteiger charge is 2.47. The average molecular weight is 453 g/mol. The standard InChI is InChI=1S/C27H48O5/c1-12-23-27(10,11)25(32-21(9)31-23)19(7)17(5)18(6)20(8)30-26(28)24-22(13-15(2)3)14-16(4)29-24/h15-16,19-25H,12-14H2,1-11H3/b18-17+/t16?,19-,20?,21?,22+,23-,24?,25-/m0/s1. The summed E-state index contributed by atoms with van der Waals surface area (Å²) in [6.07, 6.45) is 2.17. The molecule has 186 valence electrons. The molecular weight excluding hydrogens is 404 g/mol. The van der Waals surface area contributed by atoms with E-state index in [9.17, 15) is 4.79 Å². The Hall–Kier alpha value is -0.910. The zero-order chi connectivity index (χ0) is 24.4. The minimum absolute atomic E-state index is 0.0310. The van der Waals surface area contributed by atoms with Gasteiger partial charge in [-0.2, -0.15) is 0 Å². The molecule has 2 saturated heterocycles. The summed E-state index contributed by atoms with van der Waals surface area (Å²) < 4.78 is 24.2. The van der Waals surface area contributed by atoms with Crippen LogP contribution in [0, 0.1) is 23.2 Å². The van der Waals surface area contributed by atoms with Crippen molar-refractivity contribution in [3.05, 3.63) is 11.1 Å². The molecule has 0 bridgehead atoms. The first-order chi connectivity index (χ1) is 14.8. The summed E-state index contributed by atoms with van der Waals surface area (Å²) in [5.41, 5.74) is 2.19. The number of esters is 1. The van der Waals surface area contributed by atoms with Crippen molar-refractivity contribution in [1.29, 1.82) is 0 Å². The highest BCUT2D eigenvalue weighted by Crippen LogP contribution is 2.43. The van der Waals surface area contributed by atoms with Gasteiger partial charge >= 0.3 is 5.97 Å². The summed E-state index contributed by atoms with van der Waals surface area (Å²) in [7, 11) is 0. The topological polar surface area (TPSA) is 54.0 Å². The summed E-state index contributed by atoms with van der Waals surface area (Å²) in [6, 6.07) is 0. The van der Waals surface area contributed by atoms with Gasteiger partial charge in [-0.05, 0) is 71.3 Å². The van der Waals surface area contributed by atoms with Crippen LogP contribution in [0.3, 0.4) is 0 Å². The van der Waals surface area contributed by atoms with Crippen molar-refractivity contribution >= 4 is 5.97 Å². The van der Waals surface area contributed by atoms with E-state index in [-0.39, 0.29) is 53.9 Å². The zero-order valence-electron chi connectivity index (χ0n) is 22.4. The van der Waals surface area contributed by atoms with Crippen LogP contribution in [-0.4, -0.2) is 42.8 Å². The summed E-state index contributed by atoms with van der Waals surface area (Å²) in [5.74, 6) is 0.721. The van der Waals surface area contributed by atoms with E-state index >= 15 is 0 Å². The molecule has 4 unspecified atom stereocenters. The molecule has 5 nitrogen and oxygen atoms in total. The second-order valence-electron chi connectivity index (χ2n) is 11.2. The lowest BCUT2D eigenvalue weighted by Crippen LogP contribution is -2.53. The Balaban J connectivity index is 2.13. The Bertz CT molecular complexity index is 667. The van der Waals surface area contributed by atoms with Crippen LogP contribution in [0.15, 0.2) is 11.1 Å². The molecule has 32 heavy (non-hydrogen) atoms. The van der Waals surface area contributed by atoms with Crippen molar-refractivity contribution < 1.29 is 23.7 Å². The smallest absolute Gasteiger partial charge is 0.336 e. The third kappa shape index (κ3) is 6.15. The van der Waals surface area contributed by atoms with Crippen molar-refractivity contribution in [2.24, 2.45) is 23.2 Å². The van der Waals surface area contributed by atoms with Crippen LogP contribution in [-0.2, 0) is 23.7 Å². The van der Waals surface area contributed by atoms with Crippen molar-refractivity contribution in [1.82, 2.24) is 0 Å². The third-order valence-electron chi connectivity index (χ3n) is 7.74. The highest BCUT2D eigenvalue weighted by atomic mass is 16.7. The van der Waals surface area contributed by atoms with Crippen LogP contribution in [0.5, 0.6) is 0 Å². The van der Waals surface area contributed by atoms with Crippen molar-refractivity contribution in [3.63, 3.8) is 0 Å². The first kappa shape index (κ1) is 27.3. The minimum Gasteiger partial charge on any atom is -0.456 e. The maximum atomic E-state index is 13.0. The molecule has 5 heteroatoms. The van der Waals surface area contributed by atoms with Gasteiger partial charge in [0.1, 0.15) is 6.10 Å². The van der Waals surface area contributed by atoms with Crippen LogP contribution >= 0.6 is 0 Å².